The lowest BCUT2D eigenvalue weighted by Crippen LogP contribution is -2.69. The Morgan fingerprint density at radius 1 is 1.02 bits per heavy atom. The second-order valence-corrected chi connectivity index (χ2v) is 20.0. The van der Waals surface area contributed by atoms with Crippen LogP contribution < -0.4 is 10.7 Å². The van der Waals surface area contributed by atoms with Gasteiger partial charge in [-0.25, -0.2) is 28.4 Å². The molecule has 2 heterocycles. The largest absolute Gasteiger partial charge is 0.443 e. The number of rotatable bonds is 10. The normalized spacial score (nSPS) is 16.4. The maximum atomic E-state index is 14.6. The Balaban J connectivity index is 1.55. The summed E-state index contributed by atoms with van der Waals surface area (Å²) >= 11 is 0. The van der Waals surface area contributed by atoms with E-state index in [0.29, 0.717) is 11.1 Å². The number of fused-ring (bicyclic) bond motifs is 1. The lowest BCUT2D eigenvalue weighted by atomic mass is 9.87. The van der Waals surface area contributed by atoms with E-state index in [0.717, 1.165) is 10.6 Å². The summed E-state index contributed by atoms with van der Waals surface area (Å²) in [4.78, 5) is 54.9. The Morgan fingerprint density at radius 2 is 1.59 bits per heavy atom. The van der Waals surface area contributed by atoms with Crippen LogP contribution in [0.1, 0.15) is 120 Å². The zero-order chi connectivity index (χ0) is 40.8. The number of aliphatic hydroxyl groups is 1. The van der Waals surface area contributed by atoms with Gasteiger partial charge in [-0.3, -0.25) is 14.3 Å². The number of aliphatic hydroxyl groups excluding tert-OH is 1. The molecular weight excluding hydrogens is 719 g/mol. The van der Waals surface area contributed by atoms with Gasteiger partial charge in [-0.05, 0) is 106 Å². The van der Waals surface area contributed by atoms with Crippen molar-refractivity contribution in [2.24, 2.45) is 7.05 Å². The lowest BCUT2D eigenvalue weighted by molar-refractivity contribution is -0.0675. The number of sulfone groups is 1. The van der Waals surface area contributed by atoms with E-state index in [4.69, 9.17) is 14.7 Å². The summed E-state index contributed by atoms with van der Waals surface area (Å²) in [6.45, 7) is 15.4. The second-order valence-electron chi connectivity index (χ2n) is 17.0. The van der Waals surface area contributed by atoms with Crippen molar-refractivity contribution >= 4 is 33.8 Å². The fraction of sp³-hybridized carbons (Fsp3) is 0.622. The molecule has 1 aliphatic carbocycles. The predicted molar refractivity (Wildman–Crippen MR) is 198 cm³/mol. The minimum Gasteiger partial charge on any atom is -0.443 e. The standard InChI is InChI=1S/C37H53N7O9S/c1-33(2,3)52-31(48)41-44(32(49)53-34(4,5)6)35(7,8)30(47)36(9,10)54(50,51)37(17-18-37)22-43-19-16-25-26(40-42(11)27(25)29(43)46)28(45)39-21-24-14-12-23(20-38)13-15-24/h12-15,30,47H,16-19,21-22H2,1-11H3,(H,39,45)(H,41,48). The van der Waals surface area contributed by atoms with Crippen molar-refractivity contribution in [2.75, 3.05) is 13.1 Å². The number of hydrogen-bond acceptors (Lipinski definition) is 11. The molecule has 4 rings (SSSR count). The number of carbonyl (C=O) groups is 4. The van der Waals surface area contributed by atoms with Gasteiger partial charge in [-0.1, -0.05) is 12.1 Å². The van der Waals surface area contributed by atoms with Crippen LogP contribution in [0.15, 0.2) is 24.3 Å². The zero-order valence-electron chi connectivity index (χ0n) is 33.0. The Hall–Kier alpha value is -4.69. The molecule has 1 aromatic carbocycles. The first kappa shape index (κ1) is 42.1. The highest BCUT2D eigenvalue weighted by atomic mass is 32.2. The molecule has 1 fully saturated rings. The van der Waals surface area contributed by atoms with Crippen LogP contribution in [-0.4, -0.2) is 103 Å². The van der Waals surface area contributed by atoms with E-state index in [1.807, 2.05) is 6.07 Å². The maximum absolute atomic E-state index is 14.6. The van der Waals surface area contributed by atoms with Gasteiger partial charge in [0.1, 0.15) is 16.9 Å². The van der Waals surface area contributed by atoms with Crippen LogP contribution in [0, 0.1) is 11.3 Å². The zero-order valence-corrected chi connectivity index (χ0v) is 33.8. The van der Waals surface area contributed by atoms with Gasteiger partial charge in [-0.2, -0.15) is 10.4 Å². The third-order valence-electron chi connectivity index (χ3n) is 9.65. The van der Waals surface area contributed by atoms with Crippen LogP contribution in [0.25, 0.3) is 0 Å². The fourth-order valence-corrected chi connectivity index (χ4v) is 9.33. The Kier molecular flexibility index (Phi) is 11.3. The Labute approximate surface area is 317 Å². The van der Waals surface area contributed by atoms with E-state index in [9.17, 15) is 32.7 Å². The fourth-order valence-electron chi connectivity index (χ4n) is 6.67. The van der Waals surface area contributed by atoms with Crippen LogP contribution in [0.2, 0.25) is 0 Å². The molecule has 16 nitrogen and oxygen atoms in total. The smallest absolute Gasteiger partial charge is 0.429 e. The number of hydrogen-bond donors (Lipinski definition) is 3. The molecule has 1 aromatic heterocycles. The van der Waals surface area contributed by atoms with E-state index in [2.05, 4.69) is 15.8 Å². The molecule has 3 N–H and O–H groups in total. The molecule has 1 atom stereocenters. The number of nitrogens with zero attached hydrogens (tertiary/aromatic N) is 5. The van der Waals surface area contributed by atoms with E-state index in [1.165, 1.54) is 37.3 Å². The topological polar surface area (TPSA) is 213 Å². The number of carbonyl (C=O) groups excluding carboxylic acids is 4. The Bertz CT molecular complexity index is 1950. The monoisotopic (exact) mass is 771 g/mol. The quantitative estimate of drug-likeness (QED) is 0.296. The average Bonchev–Trinajstić information content (AvgIpc) is 3.77. The molecule has 1 aliphatic heterocycles. The molecule has 0 bridgehead atoms. The van der Waals surface area contributed by atoms with E-state index in [1.54, 1.807) is 72.9 Å². The van der Waals surface area contributed by atoms with E-state index in [-0.39, 0.29) is 50.3 Å². The first-order valence-corrected chi connectivity index (χ1v) is 19.2. The minimum absolute atomic E-state index is 0.101. The molecule has 1 saturated carbocycles. The summed E-state index contributed by atoms with van der Waals surface area (Å²) in [6.07, 6.45) is -3.14. The van der Waals surface area contributed by atoms with Crippen molar-refractivity contribution in [3.05, 3.63) is 52.3 Å². The number of ether oxygens (including phenoxy) is 2. The highest BCUT2D eigenvalue weighted by Crippen LogP contribution is 2.51. The van der Waals surface area contributed by atoms with Gasteiger partial charge in [0.2, 0.25) is 0 Å². The van der Waals surface area contributed by atoms with Gasteiger partial charge in [0.15, 0.2) is 15.5 Å². The van der Waals surface area contributed by atoms with Gasteiger partial charge >= 0.3 is 12.2 Å². The third kappa shape index (κ3) is 8.49. The lowest BCUT2D eigenvalue weighted by Gasteiger charge is -2.47. The van der Waals surface area contributed by atoms with Crippen LogP contribution >= 0.6 is 0 Å². The number of benzene rings is 1. The van der Waals surface area contributed by atoms with Crippen molar-refractivity contribution in [3.8, 4) is 6.07 Å². The van der Waals surface area contributed by atoms with E-state index >= 15 is 0 Å². The molecule has 2 aliphatic rings. The second kappa shape index (κ2) is 14.5. The number of hydrazine groups is 1. The molecular formula is C37H53N7O9S. The molecule has 0 spiro atoms. The summed E-state index contributed by atoms with van der Waals surface area (Å²) in [5.74, 6) is -0.950. The maximum Gasteiger partial charge on any atom is 0.429 e. The molecule has 4 amide bonds. The predicted octanol–water partition coefficient (Wildman–Crippen LogP) is 3.76. The summed E-state index contributed by atoms with van der Waals surface area (Å²) < 4.78 is 38.1. The average molecular weight is 772 g/mol. The number of nitriles is 1. The van der Waals surface area contributed by atoms with Crippen molar-refractivity contribution in [1.29, 1.82) is 5.26 Å². The van der Waals surface area contributed by atoms with Gasteiger partial charge in [0.05, 0.1) is 32.8 Å². The van der Waals surface area contributed by atoms with E-state index < -0.39 is 66.2 Å². The summed E-state index contributed by atoms with van der Waals surface area (Å²) in [6, 6.07) is 8.80. The number of amides is 4. The molecule has 1 unspecified atom stereocenters. The van der Waals surface area contributed by atoms with Crippen molar-refractivity contribution in [1.82, 2.24) is 30.4 Å². The molecule has 17 heteroatoms. The summed E-state index contributed by atoms with van der Waals surface area (Å²) in [5, 5.41) is 28.9. The van der Waals surface area contributed by atoms with Crippen LogP contribution in [0.3, 0.4) is 0 Å². The SMILES string of the molecule is Cn1nc(C(=O)NCc2ccc(C#N)cc2)c2c1C(=O)N(CC1(S(=O)(=O)C(C)(C)C(O)C(C)(C)N(NC(=O)OC(C)(C)C)C(=O)OC(C)(C)C)CC1)CC2. The van der Waals surface area contributed by atoms with Crippen LogP contribution in [0.5, 0.6) is 0 Å². The van der Waals surface area contributed by atoms with Gasteiger partial charge in [0, 0.05) is 32.2 Å². The molecule has 0 radical (unpaired) electrons. The molecule has 0 saturated heterocycles. The molecule has 296 valence electrons. The number of aryl methyl sites for hydroxylation is 1. The first-order valence-electron chi connectivity index (χ1n) is 17.7. The summed E-state index contributed by atoms with van der Waals surface area (Å²) in [5.41, 5.74) is 0.658. The Morgan fingerprint density at radius 3 is 2.11 bits per heavy atom. The van der Waals surface area contributed by atoms with Crippen molar-refractivity contribution < 1.29 is 42.2 Å². The third-order valence-corrected chi connectivity index (χ3v) is 12.9. The van der Waals surface area contributed by atoms with Crippen LogP contribution in [0.4, 0.5) is 9.59 Å². The summed E-state index contributed by atoms with van der Waals surface area (Å²) in [7, 11) is -2.74. The van der Waals surface area contributed by atoms with Gasteiger partial charge < -0.3 is 24.8 Å². The van der Waals surface area contributed by atoms with Crippen molar-refractivity contribution in [3.63, 3.8) is 0 Å². The minimum atomic E-state index is -4.29. The van der Waals surface area contributed by atoms with Gasteiger partial charge in [0.25, 0.3) is 11.8 Å². The van der Waals surface area contributed by atoms with Crippen LogP contribution in [-0.2, 0) is 39.3 Å². The van der Waals surface area contributed by atoms with Crippen molar-refractivity contribution in [2.45, 2.75) is 127 Å². The molecule has 54 heavy (non-hydrogen) atoms. The molecule has 2 aromatic rings. The number of nitrogens with one attached hydrogen (secondary N) is 2. The highest BCUT2D eigenvalue weighted by molar-refractivity contribution is 7.94. The first-order chi connectivity index (χ1) is 24.7. The van der Waals surface area contributed by atoms with Gasteiger partial charge in [-0.15, -0.1) is 0 Å². The number of aromatic nitrogens is 2. The highest BCUT2D eigenvalue weighted by Gasteiger charge is 2.65.